The first-order valence-electron chi connectivity index (χ1n) is 8.04. The zero-order valence-corrected chi connectivity index (χ0v) is 15.5. The number of carbonyl (C=O) groups excluding carboxylic acids is 1. The van der Waals surface area contributed by atoms with Gasteiger partial charge in [0.25, 0.3) is 5.91 Å². The van der Waals surface area contributed by atoms with Crippen LogP contribution in [0.1, 0.15) is 37.0 Å². The number of rotatable bonds is 6. The second-order valence-electron chi connectivity index (χ2n) is 5.82. The molecule has 24 heavy (non-hydrogen) atoms. The summed E-state index contributed by atoms with van der Waals surface area (Å²) in [5.41, 5.74) is 0.286. The highest BCUT2D eigenvalue weighted by Crippen LogP contribution is 2.26. The largest absolute Gasteiger partial charge is 0.379 e. The molecule has 1 fully saturated rings. The van der Waals surface area contributed by atoms with E-state index in [0.717, 1.165) is 12.8 Å². The van der Waals surface area contributed by atoms with Crippen LogP contribution in [0.4, 0.5) is 0 Å². The second kappa shape index (κ2) is 8.29. The summed E-state index contributed by atoms with van der Waals surface area (Å²) in [7, 11) is -3.75. The molecule has 134 valence electrons. The number of hydrogen-bond donors (Lipinski definition) is 1. The van der Waals surface area contributed by atoms with E-state index in [4.69, 9.17) is 16.3 Å². The monoisotopic (exact) mass is 374 g/mol. The average Bonchev–Trinajstić information content (AvgIpc) is 2.56. The molecule has 0 saturated carbocycles. The van der Waals surface area contributed by atoms with Crippen LogP contribution in [0.15, 0.2) is 23.1 Å². The second-order valence-corrected chi connectivity index (χ2v) is 8.14. The summed E-state index contributed by atoms with van der Waals surface area (Å²) in [6.07, 6.45) is 1.82. The van der Waals surface area contributed by atoms with Gasteiger partial charge in [-0.2, -0.15) is 4.31 Å². The molecule has 1 unspecified atom stereocenters. The van der Waals surface area contributed by atoms with Crippen LogP contribution in [-0.4, -0.2) is 51.0 Å². The van der Waals surface area contributed by atoms with E-state index in [1.54, 1.807) is 0 Å². The minimum Gasteiger partial charge on any atom is -0.379 e. The number of nitrogens with one attached hydrogen (secondary N) is 1. The average molecular weight is 375 g/mol. The zero-order valence-electron chi connectivity index (χ0n) is 13.9. The van der Waals surface area contributed by atoms with Crippen molar-refractivity contribution in [1.82, 2.24) is 9.62 Å². The number of sulfonamides is 1. The summed E-state index contributed by atoms with van der Waals surface area (Å²) < 4.78 is 32.0. The molecule has 1 aromatic carbocycles. The zero-order chi connectivity index (χ0) is 17.7. The Kier molecular flexibility index (Phi) is 6.62. The van der Waals surface area contributed by atoms with Crippen LogP contribution < -0.4 is 5.32 Å². The van der Waals surface area contributed by atoms with E-state index in [1.807, 2.05) is 13.8 Å². The van der Waals surface area contributed by atoms with Crippen LogP contribution in [0.5, 0.6) is 0 Å². The SMILES string of the molecule is CCCC(C)NC(=O)c1ccc(Cl)c(S(=O)(=O)N2CCOCC2)c1. The first kappa shape index (κ1) is 19.2. The Hall–Kier alpha value is -1.15. The Morgan fingerprint density at radius 2 is 2.04 bits per heavy atom. The fourth-order valence-corrected chi connectivity index (χ4v) is 4.49. The van der Waals surface area contributed by atoms with Crippen molar-refractivity contribution in [3.8, 4) is 0 Å². The van der Waals surface area contributed by atoms with Gasteiger partial charge in [-0.1, -0.05) is 24.9 Å². The lowest BCUT2D eigenvalue weighted by molar-refractivity contribution is 0.0730. The van der Waals surface area contributed by atoms with Gasteiger partial charge in [-0.25, -0.2) is 8.42 Å². The smallest absolute Gasteiger partial charge is 0.251 e. The number of hydrogen-bond acceptors (Lipinski definition) is 4. The molecule has 1 amide bonds. The Balaban J connectivity index is 2.26. The van der Waals surface area contributed by atoms with E-state index in [0.29, 0.717) is 13.2 Å². The molecule has 1 atom stereocenters. The predicted molar refractivity (Wildman–Crippen MR) is 92.9 cm³/mol. The lowest BCUT2D eigenvalue weighted by Crippen LogP contribution is -2.40. The summed E-state index contributed by atoms with van der Waals surface area (Å²) >= 11 is 6.09. The van der Waals surface area contributed by atoms with Gasteiger partial charge < -0.3 is 10.1 Å². The van der Waals surface area contributed by atoms with Crippen LogP contribution in [0.25, 0.3) is 0 Å². The third kappa shape index (κ3) is 4.47. The summed E-state index contributed by atoms with van der Waals surface area (Å²) in [6, 6.07) is 4.36. The van der Waals surface area contributed by atoms with Crippen molar-refractivity contribution >= 4 is 27.5 Å². The van der Waals surface area contributed by atoms with Crippen LogP contribution >= 0.6 is 11.6 Å². The molecule has 1 aliphatic rings. The van der Waals surface area contributed by atoms with Crippen molar-refractivity contribution in [2.24, 2.45) is 0 Å². The van der Waals surface area contributed by atoms with Gasteiger partial charge in [0.1, 0.15) is 4.90 Å². The lowest BCUT2D eigenvalue weighted by Gasteiger charge is -2.26. The van der Waals surface area contributed by atoms with Crippen molar-refractivity contribution in [2.75, 3.05) is 26.3 Å². The number of ether oxygens (including phenoxy) is 1. The van der Waals surface area contributed by atoms with E-state index in [-0.39, 0.29) is 40.5 Å². The van der Waals surface area contributed by atoms with Gasteiger partial charge in [-0.05, 0) is 31.5 Å². The molecule has 1 heterocycles. The summed E-state index contributed by atoms with van der Waals surface area (Å²) in [4.78, 5) is 12.3. The third-order valence-electron chi connectivity index (χ3n) is 3.88. The molecule has 0 bridgehead atoms. The number of halogens is 1. The molecule has 6 nitrogen and oxygen atoms in total. The van der Waals surface area contributed by atoms with E-state index < -0.39 is 10.0 Å². The molecule has 0 radical (unpaired) electrons. The van der Waals surface area contributed by atoms with Gasteiger partial charge in [0.05, 0.1) is 18.2 Å². The minimum absolute atomic E-state index is 0.0254. The predicted octanol–water partition coefficient (Wildman–Crippen LogP) is 2.28. The van der Waals surface area contributed by atoms with Crippen molar-refractivity contribution < 1.29 is 17.9 Å². The molecule has 0 aromatic heterocycles. The quantitative estimate of drug-likeness (QED) is 0.828. The minimum atomic E-state index is -3.75. The van der Waals surface area contributed by atoms with Crippen molar-refractivity contribution in [3.63, 3.8) is 0 Å². The maximum Gasteiger partial charge on any atom is 0.251 e. The van der Waals surface area contributed by atoms with E-state index in [9.17, 15) is 13.2 Å². The summed E-state index contributed by atoms with van der Waals surface area (Å²) in [5, 5.41) is 2.98. The van der Waals surface area contributed by atoms with Crippen LogP contribution in [0.2, 0.25) is 5.02 Å². The number of amides is 1. The number of carbonyl (C=O) groups is 1. The number of nitrogens with zero attached hydrogens (tertiary/aromatic N) is 1. The van der Waals surface area contributed by atoms with E-state index >= 15 is 0 Å². The van der Waals surface area contributed by atoms with Gasteiger partial charge in [0, 0.05) is 24.7 Å². The summed E-state index contributed by atoms with van der Waals surface area (Å²) in [5.74, 6) is -0.300. The molecule has 1 aromatic rings. The molecular formula is C16H23ClN2O4S. The first-order valence-corrected chi connectivity index (χ1v) is 9.86. The van der Waals surface area contributed by atoms with E-state index in [2.05, 4.69) is 5.32 Å². The Labute approximate surface area is 148 Å². The van der Waals surface area contributed by atoms with Gasteiger partial charge in [-0.15, -0.1) is 0 Å². The van der Waals surface area contributed by atoms with Crippen molar-refractivity contribution in [2.45, 2.75) is 37.6 Å². The van der Waals surface area contributed by atoms with Gasteiger partial charge in [-0.3, -0.25) is 4.79 Å². The standard InChI is InChI=1S/C16H23ClN2O4S/c1-3-4-12(2)18-16(20)13-5-6-14(17)15(11-13)24(21,22)19-7-9-23-10-8-19/h5-6,11-12H,3-4,7-10H2,1-2H3,(H,18,20). The first-order chi connectivity index (χ1) is 11.4. The summed E-state index contributed by atoms with van der Waals surface area (Å²) in [6.45, 7) is 5.23. The fraction of sp³-hybridized carbons (Fsp3) is 0.562. The highest BCUT2D eigenvalue weighted by atomic mass is 35.5. The highest BCUT2D eigenvalue weighted by molar-refractivity contribution is 7.89. The highest BCUT2D eigenvalue weighted by Gasteiger charge is 2.29. The molecule has 2 rings (SSSR count). The maximum absolute atomic E-state index is 12.8. The third-order valence-corrected chi connectivity index (χ3v) is 6.26. The van der Waals surface area contributed by atoms with Gasteiger partial charge in [0.15, 0.2) is 0 Å². The normalized spacial score (nSPS) is 17.5. The van der Waals surface area contributed by atoms with Crippen LogP contribution in [-0.2, 0) is 14.8 Å². The molecule has 1 saturated heterocycles. The number of benzene rings is 1. The van der Waals surface area contributed by atoms with Crippen molar-refractivity contribution in [1.29, 1.82) is 0 Å². The topological polar surface area (TPSA) is 75.7 Å². The Bertz CT molecular complexity index is 687. The lowest BCUT2D eigenvalue weighted by atomic mass is 10.1. The van der Waals surface area contributed by atoms with Crippen molar-refractivity contribution in [3.05, 3.63) is 28.8 Å². The molecule has 0 aliphatic carbocycles. The fourth-order valence-electron chi connectivity index (χ4n) is 2.58. The van der Waals surface area contributed by atoms with Crippen LogP contribution in [0, 0.1) is 0 Å². The van der Waals surface area contributed by atoms with Crippen LogP contribution in [0.3, 0.4) is 0 Å². The Morgan fingerprint density at radius 3 is 2.67 bits per heavy atom. The number of morpholine rings is 1. The molecular weight excluding hydrogens is 352 g/mol. The molecule has 1 N–H and O–H groups in total. The maximum atomic E-state index is 12.8. The van der Waals surface area contributed by atoms with E-state index in [1.165, 1.54) is 22.5 Å². The van der Waals surface area contributed by atoms with Gasteiger partial charge >= 0.3 is 0 Å². The Morgan fingerprint density at radius 1 is 1.38 bits per heavy atom. The molecule has 0 spiro atoms. The van der Waals surface area contributed by atoms with Gasteiger partial charge in [0.2, 0.25) is 10.0 Å². The molecule has 1 aliphatic heterocycles. The molecule has 8 heteroatoms.